The maximum atomic E-state index is 5.52. The number of thiazole rings is 1. The van der Waals surface area contributed by atoms with Gasteiger partial charge in [-0.3, -0.25) is 0 Å². The van der Waals surface area contributed by atoms with E-state index in [1.807, 2.05) is 0 Å². The molecule has 1 fully saturated rings. The number of anilines is 1. The molecule has 2 rings (SSSR count). The Balaban J connectivity index is 1.82. The van der Waals surface area contributed by atoms with Crippen molar-refractivity contribution in [2.24, 2.45) is 5.92 Å². The van der Waals surface area contributed by atoms with Crippen molar-refractivity contribution in [1.82, 2.24) is 4.98 Å². The van der Waals surface area contributed by atoms with Crippen LogP contribution in [-0.2, 0) is 11.2 Å². The largest absolute Gasteiger partial charge is 0.378 e. The maximum absolute atomic E-state index is 5.52. The average molecular weight is 226 g/mol. The normalized spacial score (nSPS) is 25.7. The van der Waals surface area contributed by atoms with Crippen LogP contribution in [0, 0.1) is 5.92 Å². The monoisotopic (exact) mass is 226 g/mol. The summed E-state index contributed by atoms with van der Waals surface area (Å²) in [6, 6.07) is 0. The summed E-state index contributed by atoms with van der Waals surface area (Å²) in [5, 5.41) is 6.57. The first kappa shape index (κ1) is 10.9. The molecule has 1 aromatic heterocycles. The highest BCUT2D eigenvalue weighted by molar-refractivity contribution is 7.13. The predicted molar refractivity (Wildman–Crippen MR) is 63.5 cm³/mol. The van der Waals surface area contributed by atoms with Crippen LogP contribution in [-0.4, -0.2) is 24.2 Å². The molecule has 0 spiro atoms. The van der Waals surface area contributed by atoms with E-state index in [1.165, 1.54) is 12.1 Å². The van der Waals surface area contributed by atoms with E-state index in [1.54, 1.807) is 11.3 Å². The Morgan fingerprint density at radius 1 is 1.67 bits per heavy atom. The Labute approximate surface area is 94.9 Å². The van der Waals surface area contributed by atoms with Crippen molar-refractivity contribution >= 4 is 16.5 Å². The molecule has 0 radical (unpaired) electrons. The molecule has 1 N–H and O–H groups in total. The third-order valence-corrected chi connectivity index (χ3v) is 3.81. The lowest BCUT2D eigenvalue weighted by Crippen LogP contribution is -2.20. The number of ether oxygens (including phenoxy) is 1. The van der Waals surface area contributed by atoms with Gasteiger partial charge in [0.1, 0.15) is 0 Å². The fraction of sp³-hybridized carbons (Fsp3) is 0.727. The van der Waals surface area contributed by atoms with Crippen LogP contribution in [0.25, 0.3) is 0 Å². The number of nitrogens with one attached hydrogen (secondary N) is 1. The molecule has 1 saturated heterocycles. The second-order valence-electron chi connectivity index (χ2n) is 4.00. The van der Waals surface area contributed by atoms with Crippen LogP contribution in [0.4, 0.5) is 5.13 Å². The van der Waals surface area contributed by atoms with E-state index in [-0.39, 0.29) is 0 Å². The van der Waals surface area contributed by atoms with Gasteiger partial charge in [0.25, 0.3) is 0 Å². The van der Waals surface area contributed by atoms with Gasteiger partial charge in [-0.15, -0.1) is 11.3 Å². The van der Waals surface area contributed by atoms with Gasteiger partial charge in [0.05, 0.1) is 11.8 Å². The van der Waals surface area contributed by atoms with Crippen LogP contribution in [0.5, 0.6) is 0 Å². The second kappa shape index (κ2) is 4.94. The molecule has 1 aliphatic heterocycles. The molecule has 1 aliphatic rings. The molecule has 0 aliphatic carbocycles. The Bertz CT molecular complexity index is 313. The van der Waals surface area contributed by atoms with Crippen molar-refractivity contribution in [3.05, 3.63) is 11.1 Å². The van der Waals surface area contributed by atoms with E-state index in [0.717, 1.165) is 24.7 Å². The number of hydrogen-bond donors (Lipinski definition) is 1. The van der Waals surface area contributed by atoms with E-state index in [0.29, 0.717) is 12.0 Å². The highest BCUT2D eigenvalue weighted by Gasteiger charge is 2.23. The molecular formula is C11H18N2OS. The Kier molecular flexibility index (Phi) is 3.59. The van der Waals surface area contributed by atoms with Gasteiger partial charge in [0, 0.05) is 24.4 Å². The quantitative estimate of drug-likeness (QED) is 0.856. The van der Waals surface area contributed by atoms with Crippen molar-refractivity contribution in [3.63, 3.8) is 0 Å². The average Bonchev–Trinajstić information content (AvgIpc) is 2.84. The van der Waals surface area contributed by atoms with E-state index in [4.69, 9.17) is 4.74 Å². The highest BCUT2D eigenvalue weighted by Crippen LogP contribution is 2.22. The molecule has 2 atom stereocenters. The third-order valence-electron chi connectivity index (χ3n) is 2.96. The standard InChI is InChI=1S/C11H18N2OS/c1-3-10-7-15-11(13-10)12-6-9-4-5-14-8(9)2/h7-9H,3-6H2,1-2H3,(H,12,13). The van der Waals surface area contributed by atoms with E-state index >= 15 is 0 Å². The van der Waals surface area contributed by atoms with Gasteiger partial charge in [0.15, 0.2) is 5.13 Å². The molecule has 4 heteroatoms. The minimum Gasteiger partial charge on any atom is -0.378 e. The van der Waals surface area contributed by atoms with Crippen molar-refractivity contribution in [2.75, 3.05) is 18.5 Å². The Hall–Kier alpha value is -0.610. The molecule has 0 aromatic carbocycles. The summed E-state index contributed by atoms with van der Waals surface area (Å²) >= 11 is 1.70. The second-order valence-corrected chi connectivity index (χ2v) is 4.86. The minimum absolute atomic E-state index is 0.392. The highest BCUT2D eigenvalue weighted by atomic mass is 32.1. The smallest absolute Gasteiger partial charge is 0.182 e. The van der Waals surface area contributed by atoms with Crippen molar-refractivity contribution in [1.29, 1.82) is 0 Å². The zero-order valence-corrected chi connectivity index (χ0v) is 10.1. The lowest BCUT2D eigenvalue weighted by molar-refractivity contribution is 0.108. The van der Waals surface area contributed by atoms with Crippen molar-refractivity contribution in [2.45, 2.75) is 32.8 Å². The lowest BCUT2D eigenvalue weighted by atomic mass is 10.0. The topological polar surface area (TPSA) is 34.1 Å². The first-order valence-corrected chi connectivity index (χ1v) is 6.47. The van der Waals surface area contributed by atoms with Crippen molar-refractivity contribution < 1.29 is 4.74 Å². The van der Waals surface area contributed by atoms with E-state index in [2.05, 4.69) is 29.5 Å². The molecule has 2 unspecified atom stereocenters. The van der Waals surface area contributed by atoms with Gasteiger partial charge in [-0.2, -0.15) is 0 Å². The van der Waals surface area contributed by atoms with E-state index in [9.17, 15) is 0 Å². The van der Waals surface area contributed by atoms with Gasteiger partial charge >= 0.3 is 0 Å². The van der Waals surface area contributed by atoms with Crippen LogP contribution < -0.4 is 5.32 Å². The lowest BCUT2D eigenvalue weighted by Gasteiger charge is -2.13. The number of rotatable bonds is 4. The summed E-state index contributed by atoms with van der Waals surface area (Å²) in [4.78, 5) is 4.48. The van der Waals surface area contributed by atoms with Gasteiger partial charge < -0.3 is 10.1 Å². The molecule has 0 amide bonds. The van der Waals surface area contributed by atoms with E-state index < -0.39 is 0 Å². The Morgan fingerprint density at radius 3 is 3.13 bits per heavy atom. The molecule has 2 heterocycles. The number of hydrogen-bond acceptors (Lipinski definition) is 4. The molecular weight excluding hydrogens is 208 g/mol. The molecule has 0 bridgehead atoms. The first-order valence-electron chi connectivity index (χ1n) is 5.59. The van der Waals surface area contributed by atoms with Crippen LogP contribution in [0.15, 0.2) is 5.38 Å². The van der Waals surface area contributed by atoms with Gasteiger partial charge in [-0.05, 0) is 19.8 Å². The van der Waals surface area contributed by atoms with Gasteiger partial charge in [0.2, 0.25) is 0 Å². The molecule has 0 saturated carbocycles. The fourth-order valence-electron chi connectivity index (χ4n) is 1.81. The minimum atomic E-state index is 0.392. The van der Waals surface area contributed by atoms with Crippen LogP contribution in [0.1, 0.15) is 26.0 Å². The van der Waals surface area contributed by atoms with Crippen LogP contribution in [0.3, 0.4) is 0 Å². The summed E-state index contributed by atoms with van der Waals surface area (Å²) < 4.78 is 5.52. The predicted octanol–water partition coefficient (Wildman–Crippen LogP) is 2.54. The molecule has 15 heavy (non-hydrogen) atoms. The molecule has 3 nitrogen and oxygen atoms in total. The Morgan fingerprint density at radius 2 is 2.53 bits per heavy atom. The third kappa shape index (κ3) is 2.69. The first-order chi connectivity index (χ1) is 7.29. The zero-order chi connectivity index (χ0) is 10.7. The fourth-order valence-corrected chi connectivity index (χ4v) is 2.62. The van der Waals surface area contributed by atoms with Gasteiger partial charge in [-0.1, -0.05) is 6.92 Å². The van der Waals surface area contributed by atoms with Gasteiger partial charge in [-0.25, -0.2) is 4.98 Å². The summed E-state index contributed by atoms with van der Waals surface area (Å²) in [6.45, 7) is 6.17. The SMILES string of the molecule is CCc1csc(NCC2CCOC2C)n1. The zero-order valence-electron chi connectivity index (χ0n) is 9.32. The molecule has 1 aromatic rings. The number of nitrogens with zero attached hydrogens (tertiary/aromatic N) is 1. The molecule has 84 valence electrons. The summed E-state index contributed by atoms with van der Waals surface area (Å²) in [7, 11) is 0. The number of aromatic nitrogens is 1. The van der Waals surface area contributed by atoms with Crippen LogP contribution >= 0.6 is 11.3 Å². The summed E-state index contributed by atoms with van der Waals surface area (Å²) in [6.07, 6.45) is 2.57. The van der Waals surface area contributed by atoms with Crippen molar-refractivity contribution in [3.8, 4) is 0 Å². The summed E-state index contributed by atoms with van der Waals surface area (Å²) in [5.41, 5.74) is 1.18. The maximum Gasteiger partial charge on any atom is 0.182 e. The summed E-state index contributed by atoms with van der Waals surface area (Å²) in [5.74, 6) is 0.638. The number of aryl methyl sites for hydroxylation is 1. The van der Waals surface area contributed by atoms with Crippen LogP contribution in [0.2, 0.25) is 0 Å².